The molecule has 7 heteroatoms. The molecular formula is C23H23N4O2S+. The monoisotopic (exact) mass is 419 g/mol. The topological polar surface area (TPSA) is 90.4 Å². The first-order chi connectivity index (χ1) is 14.5. The average molecular weight is 420 g/mol. The number of fused-ring (bicyclic) bond motifs is 3. The molecule has 0 radical (unpaired) electrons. The third-order valence-corrected chi connectivity index (χ3v) is 6.26. The van der Waals surface area contributed by atoms with Crippen molar-refractivity contribution >= 4 is 23.1 Å². The minimum absolute atomic E-state index is 0.108. The van der Waals surface area contributed by atoms with E-state index in [0.717, 1.165) is 41.0 Å². The normalized spacial score (nSPS) is 16.0. The molecule has 1 aliphatic rings. The largest absolute Gasteiger partial charge is 0.494 e. The molecule has 0 bridgehead atoms. The second-order valence-electron chi connectivity index (χ2n) is 7.94. The number of aromatic nitrogens is 3. The van der Waals surface area contributed by atoms with E-state index >= 15 is 0 Å². The van der Waals surface area contributed by atoms with Crippen molar-refractivity contribution in [1.29, 1.82) is 0 Å². The van der Waals surface area contributed by atoms with Crippen LogP contribution in [0, 0.1) is 18.6 Å². The molecule has 0 unspecified atom stereocenters. The summed E-state index contributed by atoms with van der Waals surface area (Å²) in [5.74, 6) is -0.108. The highest BCUT2D eigenvalue weighted by molar-refractivity contribution is 7.71. The van der Waals surface area contributed by atoms with Crippen LogP contribution in [0.15, 0.2) is 47.3 Å². The zero-order chi connectivity index (χ0) is 21.0. The number of H-pyrrole nitrogens is 2. The average Bonchev–Trinajstić information content (AvgIpc) is 3.09. The Morgan fingerprint density at radius 3 is 2.77 bits per heavy atom. The highest BCUT2D eigenvalue weighted by atomic mass is 32.1. The molecule has 5 N–H and O–H groups in total. The molecule has 0 spiro atoms. The number of hydrogen-bond donors (Lipinski definition) is 4. The van der Waals surface area contributed by atoms with Crippen molar-refractivity contribution in [2.75, 3.05) is 6.54 Å². The van der Waals surface area contributed by atoms with Gasteiger partial charge in [0, 0.05) is 17.3 Å². The lowest BCUT2D eigenvalue weighted by Crippen LogP contribution is -2.87. The standard InChI is InChI=1S/C23H22N4O2S/c1-12-7-8-17(13(2)11-12)27-22(29)18(21(28)26-23(27)30)20-19-15(9-10-24-20)14-5-3-4-6-16(14)25-19/h3-8,11,20,24-25,29H,9-10H2,1-2H3,(H,26,28,30)/p+1/t20-/m1/s1. The first-order valence-electron chi connectivity index (χ1n) is 10.0. The fraction of sp³-hybridized carbons (Fsp3) is 0.217. The van der Waals surface area contributed by atoms with Gasteiger partial charge in [0.1, 0.15) is 5.56 Å². The van der Waals surface area contributed by atoms with Gasteiger partial charge in [-0.15, -0.1) is 0 Å². The SMILES string of the molecule is Cc1ccc(-n2c(O)c([C@H]3[NH2+]CCc4c3[nH]c3ccccc43)c(=O)[nH]c2=S)c(C)c1. The summed E-state index contributed by atoms with van der Waals surface area (Å²) < 4.78 is 1.74. The number of aryl methyl sites for hydroxylation is 2. The van der Waals surface area contributed by atoms with Crippen LogP contribution in [0.2, 0.25) is 0 Å². The molecule has 0 saturated heterocycles. The molecule has 0 amide bonds. The lowest BCUT2D eigenvalue weighted by molar-refractivity contribution is -0.690. The maximum Gasteiger partial charge on any atom is 0.265 e. The fourth-order valence-electron chi connectivity index (χ4n) is 4.63. The minimum atomic E-state index is -0.355. The summed E-state index contributed by atoms with van der Waals surface area (Å²) in [6.45, 7) is 4.82. The molecule has 1 atom stereocenters. The summed E-state index contributed by atoms with van der Waals surface area (Å²) >= 11 is 5.42. The Morgan fingerprint density at radius 1 is 1.17 bits per heavy atom. The summed E-state index contributed by atoms with van der Waals surface area (Å²) in [6.07, 6.45) is 0.907. The Balaban J connectivity index is 1.76. The molecule has 2 aromatic carbocycles. The van der Waals surface area contributed by atoms with Crippen LogP contribution >= 0.6 is 12.2 Å². The van der Waals surface area contributed by atoms with Gasteiger partial charge in [-0.05, 0) is 49.3 Å². The van der Waals surface area contributed by atoms with Crippen LogP contribution in [-0.2, 0) is 6.42 Å². The van der Waals surface area contributed by atoms with Gasteiger partial charge in [-0.1, -0.05) is 35.9 Å². The molecule has 0 saturated carbocycles. The second-order valence-corrected chi connectivity index (χ2v) is 8.32. The van der Waals surface area contributed by atoms with Crippen molar-refractivity contribution in [2.45, 2.75) is 26.3 Å². The predicted octanol–water partition coefficient (Wildman–Crippen LogP) is 2.91. The van der Waals surface area contributed by atoms with Crippen molar-refractivity contribution in [3.63, 3.8) is 0 Å². The number of quaternary nitrogens is 1. The molecule has 2 aromatic heterocycles. The first kappa shape index (κ1) is 18.8. The molecular weight excluding hydrogens is 396 g/mol. The van der Waals surface area contributed by atoms with Gasteiger partial charge in [-0.2, -0.15) is 0 Å². The lowest BCUT2D eigenvalue weighted by atomic mass is 9.95. The van der Waals surface area contributed by atoms with E-state index in [-0.39, 0.29) is 22.3 Å². The van der Waals surface area contributed by atoms with Crippen molar-refractivity contribution in [3.05, 3.63) is 85.5 Å². The summed E-state index contributed by atoms with van der Waals surface area (Å²) in [6, 6.07) is 13.7. The molecule has 4 aromatic rings. The minimum Gasteiger partial charge on any atom is -0.494 e. The number of para-hydroxylation sites is 1. The molecule has 5 rings (SSSR count). The number of rotatable bonds is 2. The van der Waals surface area contributed by atoms with Crippen LogP contribution in [0.1, 0.15) is 34.0 Å². The number of aromatic hydroxyl groups is 1. The van der Waals surface area contributed by atoms with Gasteiger partial charge in [0.05, 0.1) is 17.9 Å². The highest BCUT2D eigenvalue weighted by Gasteiger charge is 2.34. The Bertz CT molecular complexity index is 1410. The Hall–Kier alpha value is -3.16. The van der Waals surface area contributed by atoms with E-state index in [2.05, 4.69) is 21.4 Å². The molecule has 0 fully saturated rings. The van der Waals surface area contributed by atoms with E-state index in [0.29, 0.717) is 5.56 Å². The maximum atomic E-state index is 13.0. The van der Waals surface area contributed by atoms with Crippen LogP contribution in [0.3, 0.4) is 0 Å². The second kappa shape index (κ2) is 6.97. The van der Waals surface area contributed by atoms with E-state index in [4.69, 9.17) is 12.2 Å². The molecule has 6 nitrogen and oxygen atoms in total. The van der Waals surface area contributed by atoms with Crippen LogP contribution in [0.25, 0.3) is 16.6 Å². The third kappa shape index (κ3) is 2.81. The molecule has 1 aliphatic heterocycles. The first-order valence-corrected chi connectivity index (χ1v) is 10.4. The number of hydrogen-bond acceptors (Lipinski definition) is 3. The number of benzene rings is 2. The lowest BCUT2D eigenvalue weighted by Gasteiger charge is -2.23. The molecule has 30 heavy (non-hydrogen) atoms. The highest BCUT2D eigenvalue weighted by Crippen LogP contribution is 2.33. The number of nitrogens with one attached hydrogen (secondary N) is 2. The van der Waals surface area contributed by atoms with Crippen molar-refractivity contribution < 1.29 is 10.4 Å². The third-order valence-electron chi connectivity index (χ3n) is 5.98. The smallest absolute Gasteiger partial charge is 0.265 e. The van der Waals surface area contributed by atoms with Crippen molar-refractivity contribution in [3.8, 4) is 11.6 Å². The van der Waals surface area contributed by atoms with Crippen LogP contribution < -0.4 is 10.9 Å². The summed E-state index contributed by atoms with van der Waals surface area (Å²) in [5, 5.41) is 14.6. The van der Waals surface area contributed by atoms with Crippen LogP contribution in [-0.4, -0.2) is 26.2 Å². The summed E-state index contributed by atoms with van der Waals surface area (Å²) in [5.41, 5.74) is 6.02. The zero-order valence-corrected chi connectivity index (χ0v) is 17.6. The molecule has 0 aliphatic carbocycles. The number of aromatic amines is 2. The van der Waals surface area contributed by atoms with Gasteiger partial charge < -0.3 is 15.4 Å². The van der Waals surface area contributed by atoms with Crippen molar-refractivity contribution in [2.24, 2.45) is 0 Å². The van der Waals surface area contributed by atoms with Gasteiger partial charge in [0.15, 0.2) is 10.8 Å². The van der Waals surface area contributed by atoms with E-state index in [1.165, 1.54) is 10.9 Å². The Labute approximate surface area is 178 Å². The predicted molar refractivity (Wildman–Crippen MR) is 119 cm³/mol. The van der Waals surface area contributed by atoms with Gasteiger partial charge >= 0.3 is 0 Å². The Kier molecular flexibility index (Phi) is 4.38. The number of nitrogens with two attached hydrogens (primary N) is 1. The Morgan fingerprint density at radius 2 is 1.97 bits per heavy atom. The maximum absolute atomic E-state index is 13.0. The van der Waals surface area contributed by atoms with E-state index in [9.17, 15) is 9.90 Å². The summed E-state index contributed by atoms with van der Waals surface area (Å²) in [4.78, 5) is 19.2. The molecule has 152 valence electrons. The zero-order valence-electron chi connectivity index (χ0n) is 16.8. The van der Waals surface area contributed by atoms with Gasteiger partial charge in [-0.25, -0.2) is 0 Å². The quantitative estimate of drug-likeness (QED) is 0.377. The van der Waals surface area contributed by atoms with E-state index in [1.54, 1.807) is 4.57 Å². The van der Waals surface area contributed by atoms with Crippen LogP contribution in [0.4, 0.5) is 0 Å². The summed E-state index contributed by atoms with van der Waals surface area (Å²) in [7, 11) is 0. The van der Waals surface area contributed by atoms with Crippen LogP contribution in [0.5, 0.6) is 5.88 Å². The van der Waals surface area contributed by atoms with E-state index in [1.807, 2.05) is 50.2 Å². The number of nitrogens with zero attached hydrogens (tertiary/aromatic N) is 1. The van der Waals surface area contributed by atoms with E-state index < -0.39 is 0 Å². The molecule has 3 heterocycles. The van der Waals surface area contributed by atoms with Gasteiger partial charge in [0.25, 0.3) is 5.56 Å². The van der Waals surface area contributed by atoms with Crippen molar-refractivity contribution in [1.82, 2.24) is 14.5 Å². The van der Waals surface area contributed by atoms with Gasteiger partial charge in [0.2, 0.25) is 5.88 Å². The van der Waals surface area contributed by atoms with Gasteiger partial charge in [-0.3, -0.25) is 14.3 Å². The fourth-order valence-corrected chi connectivity index (χ4v) is 4.91.